The highest BCUT2D eigenvalue weighted by atomic mass is 15.1. The molecular formula is C48H33N. The van der Waals surface area contributed by atoms with Gasteiger partial charge in [0.2, 0.25) is 0 Å². The molecule has 0 aromatic heterocycles. The summed E-state index contributed by atoms with van der Waals surface area (Å²) in [6, 6.07) is 72.4. The van der Waals surface area contributed by atoms with Gasteiger partial charge in [0, 0.05) is 16.8 Å². The second-order valence-electron chi connectivity index (χ2n) is 12.6. The molecular weight excluding hydrogens is 591 g/mol. The Hall–Kier alpha value is -6.44. The first-order valence-electron chi connectivity index (χ1n) is 16.8. The lowest BCUT2D eigenvalue weighted by atomic mass is 9.95. The highest BCUT2D eigenvalue weighted by Gasteiger charge is 2.17. The van der Waals surface area contributed by atoms with E-state index in [9.17, 15) is 0 Å². The lowest BCUT2D eigenvalue weighted by Crippen LogP contribution is -2.10. The topological polar surface area (TPSA) is 3.24 Å². The van der Waals surface area contributed by atoms with Crippen molar-refractivity contribution in [3.8, 4) is 33.4 Å². The average Bonchev–Trinajstić information content (AvgIpc) is 3.18. The van der Waals surface area contributed by atoms with E-state index in [-0.39, 0.29) is 0 Å². The van der Waals surface area contributed by atoms with Gasteiger partial charge in [0.25, 0.3) is 0 Å². The number of anilines is 3. The molecule has 0 N–H and O–H groups in total. The van der Waals surface area contributed by atoms with E-state index in [2.05, 4.69) is 205 Å². The molecule has 0 saturated heterocycles. The SMILES string of the molecule is c1ccc(-c2cccc3cc(-c4cccc(N(c5ccc(-c6cccc7ccccc67)cc5)c5cccc6ccccc56)c4)ccc23)cc1. The Kier molecular flexibility index (Phi) is 7.22. The molecule has 0 aliphatic rings. The van der Waals surface area contributed by atoms with E-state index < -0.39 is 0 Å². The van der Waals surface area contributed by atoms with Crippen LogP contribution in [0.1, 0.15) is 0 Å². The van der Waals surface area contributed by atoms with Gasteiger partial charge in [-0.25, -0.2) is 0 Å². The summed E-state index contributed by atoms with van der Waals surface area (Å²) in [5.74, 6) is 0. The fourth-order valence-electron chi connectivity index (χ4n) is 7.25. The molecule has 0 atom stereocenters. The van der Waals surface area contributed by atoms with E-state index in [1.807, 2.05) is 0 Å². The molecule has 0 saturated carbocycles. The van der Waals surface area contributed by atoms with Gasteiger partial charge < -0.3 is 4.90 Å². The quantitative estimate of drug-likeness (QED) is 0.178. The van der Waals surface area contributed by atoms with Crippen molar-refractivity contribution < 1.29 is 0 Å². The maximum Gasteiger partial charge on any atom is 0.0540 e. The van der Waals surface area contributed by atoms with Crippen LogP contribution in [-0.2, 0) is 0 Å². The van der Waals surface area contributed by atoms with Crippen LogP contribution in [0.5, 0.6) is 0 Å². The van der Waals surface area contributed by atoms with Crippen LogP contribution < -0.4 is 4.90 Å². The number of fused-ring (bicyclic) bond motifs is 3. The van der Waals surface area contributed by atoms with E-state index in [1.165, 1.54) is 65.7 Å². The molecule has 0 bridgehead atoms. The Morgan fingerprint density at radius 3 is 1.55 bits per heavy atom. The number of benzene rings is 9. The van der Waals surface area contributed by atoms with Crippen LogP contribution in [-0.4, -0.2) is 0 Å². The zero-order chi connectivity index (χ0) is 32.6. The van der Waals surface area contributed by atoms with E-state index in [0.29, 0.717) is 0 Å². The van der Waals surface area contributed by atoms with Crippen LogP contribution >= 0.6 is 0 Å². The summed E-state index contributed by atoms with van der Waals surface area (Å²) in [7, 11) is 0. The highest BCUT2D eigenvalue weighted by molar-refractivity contribution is 6.01. The monoisotopic (exact) mass is 623 g/mol. The second-order valence-corrected chi connectivity index (χ2v) is 12.6. The summed E-state index contributed by atoms with van der Waals surface area (Å²) in [5, 5.41) is 7.45. The van der Waals surface area contributed by atoms with Gasteiger partial charge in [-0.15, -0.1) is 0 Å². The molecule has 0 unspecified atom stereocenters. The smallest absolute Gasteiger partial charge is 0.0540 e. The lowest BCUT2D eigenvalue weighted by Gasteiger charge is -2.27. The highest BCUT2D eigenvalue weighted by Crippen LogP contribution is 2.41. The summed E-state index contributed by atoms with van der Waals surface area (Å²) >= 11 is 0. The number of nitrogens with zero attached hydrogens (tertiary/aromatic N) is 1. The van der Waals surface area contributed by atoms with Crippen molar-refractivity contribution in [2.45, 2.75) is 0 Å². The zero-order valence-electron chi connectivity index (χ0n) is 27.0. The Labute approximate surface area is 287 Å². The predicted octanol–water partition coefficient (Wildman–Crippen LogP) is 13.6. The van der Waals surface area contributed by atoms with Crippen LogP contribution in [0.4, 0.5) is 17.1 Å². The molecule has 0 aliphatic carbocycles. The Balaban J connectivity index is 1.16. The van der Waals surface area contributed by atoms with Crippen LogP contribution in [0.15, 0.2) is 200 Å². The number of hydrogen-bond acceptors (Lipinski definition) is 1. The first kappa shape index (κ1) is 28.8. The van der Waals surface area contributed by atoms with Crippen molar-refractivity contribution in [3.63, 3.8) is 0 Å². The Bertz CT molecular complexity index is 2590. The summed E-state index contributed by atoms with van der Waals surface area (Å²) < 4.78 is 0. The van der Waals surface area contributed by atoms with Crippen molar-refractivity contribution in [3.05, 3.63) is 200 Å². The summed E-state index contributed by atoms with van der Waals surface area (Å²) in [5.41, 5.74) is 10.7. The minimum absolute atomic E-state index is 1.11. The lowest BCUT2D eigenvalue weighted by molar-refractivity contribution is 1.30. The molecule has 0 aliphatic heterocycles. The summed E-state index contributed by atoms with van der Waals surface area (Å²) in [6.07, 6.45) is 0. The summed E-state index contributed by atoms with van der Waals surface area (Å²) in [6.45, 7) is 0. The van der Waals surface area contributed by atoms with E-state index in [0.717, 1.165) is 17.1 Å². The van der Waals surface area contributed by atoms with Gasteiger partial charge in [-0.1, -0.05) is 164 Å². The molecule has 0 heterocycles. The van der Waals surface area contributed by atoms with Crippen molar-refractivity contribution in [2.75, 3.05) is 4.90 Å². The third-order valence-electron chi connectivity index (χ3n) is 9.64. The van der Waals surface area contributed by atoms with Crippen molar-refractivity contribution in [1.29, 1.82) is 0 Å². The molecule has 0 amide bonds. The molecule has 1 heteroatoms. The van der Waals surface area contributed by atoms with Crippen LogP contribution in [0.3, 0.4) is 0 Å². The Morgan fingerprint density at radius 1 is 0.265 bits per heavy atom. The first-order valence-corrected chi connectivity index (χ1v) is 16.8. The molecule has 0 radical (unpaired) electrons. The molecule has 230 valence electrons. The van der Waals surface area contributed by atoms with Gasteiger partial charge >= 0.3 is 0 Å². The van der Waals surface area contributed by atoms with E-state index in [4.69, 9.17) is 0 Å². The minimum atomic E-state index is 1.11. The maximum absolute atomic E-state index is 2.40. The molecule has 9 aromatic rings. The van der Waals surface area contributed by atoms with Crippen molar-refractivity contribution >= 4 is 49.4 Å². The zero-order valence-corrected chi connectivity index (χ0v) is 27.0. The van der Waals surface area contributed by atoms with Crippen molar-refractivity contribution in [1.82, 2.24) is 0 Å². The molecule has 0 fully saturated rings. The first-order chi connectivity index (χ1) is 24.3. The predicted molar refractivity (Wildman–Crippen MR) is 210 cm³/mol. The second kappa shape index (κ2) is 12.3. The number of rotatable bonds is 6. The van der Waals surface area contributed by atoms with Crippen LogP contribution in [0.25, 0.3) is 65.7 Å². The average molecular weight is 624 g/mol. The minimum Gasteiger partial charge on any atom is -0.310 e. The molecule has 0 spiro atoms. The third-order valence-corrected chi connectivity index (χ3v) is 9.64. The number of hydrogen-bond donors (Lipinski definition) is 0. The molecule has 49 heavy (non-hydrogen) atoms. The molecule has 1 nitrogen and oxygen atoms in total. The van der Waals surface area contributed by atoms with Gasteiger partial charge in [-0.2, -0.15) is 0 Å². The van der Waals surface area contributed by atoms with Gasteiger partial charge in [0.1, 0.15) is 0 Å². The van der Waals surface area contributed by atoms with E-state index >= 15 is 0 Å². The Morgan fingerprint density at radius 2 is 0.776 bits per heavy atom. The van der Waals surface area contributed by atoms with Crippen molar-refractivity contribution in [2.24, 2.45) is 0 Å². The third kappa shape index (κ3) is 5.32. The largest absolute Gasteiger partial charge is 0.310 e. The van der Waals surface area contributed by atoms with E-state index in [1.54, 1.807) is 0 Å². The van der Waals surface area contributed by atoms with Gasteiger partial charge in [-0.3, -0.25) is 0 Å². The molecule has 9 rings (SSSR count). The van der Waals surface area contributed by atoms with Gasteiger partial charge in [0.15, 0.2) is 0 Å². The normalized spacial score (nSPS) is 11.3. The fourth-order valence-corrected chi connectivity index (χ4v) is 7.25. The van der Waals surface area contributed by atoms with Gasteiger partial charge in [-0.05, 0) is 96.7 Å². The van der Waals surface area contributed by atoms with Gasteiger partial charge in [0.05, 0.1) is 5.69 Å². The molecule has 9 aromatic carbocycles. The maximum atomic E-state index is 2.40. The van der Waals surface area contributed by atoms with Crippen LogP contribution in [0, 0.1) is 0 Å². The summed E-state index contributed by atoms with van der Waals surface area (Å²) in [4.78, 5) is 2.40. The van der Waals surface area contributed by atoms with Crippen LogP contribution in [0.2, 0.25) is 0 Å². The standard InChI is InChI=1S/C48H33N/c1-2-12-34(13-3-1)44-24-10-19-40-32-39(28-31-46(40)44)38-18-8-20-42(33-38)49(48-25-11-17-36-15-5-7-22-47(36)48)41-29-26-37(27-30-41)45-23-9-16-35-14-4-6-21-43(35)45/h1-33H. The fraction of sp³-hybridized carbons (Fsp3) is 0.